The predicted molar refractivity (Wildman–Crippen MR) is 55.9 cm³/mol. The van der Waals surface area contributed by atoms with Crippen molar-refractivity contribution in [1.29, 1.82) is 0 Å². The second-order valence-electron chi connectivity index (χ2n) is 3.30. The molecule has 0 fully saturated rings. The molecule has 0 amide bonds. The standard InChI is InChI=1S/C11H12FN3/c1-13-11(9-6-14-15-7-9)8-2-4-10(12)5-3-8/h2-7,11,13H,1H3,(H,14,15). The van der Waals surface area contributed by atoms with E-state index in [4.69, 9.17) is 0 Å². The van der Waals surface area contributed by atoms with Gasteiger partial charge in [-0.15, -0.1) is 0 Å². The Morgan fingerprint density at radius 3 is 2.53 bits per heavy atom. The van der Waals surface area contributed by atoms with Crippen molar-refractivity contribution in [2.75, 3.05) is 7.05 Å². The molecule has 1 atom stereocenters. The molecule has 0 spiro atoms. The van der Waals surface area contributed by atoms with Crippen LogP contribution in [0.25, 0.3) is 0 Å². The number of aromatic amines is 1. The summed E-state index contributed by atoms with van der Waals surface area (Å²) in [7, 11) is 1.86. The van der Waals surface area contributed by atoms with Crippen LogP contribution in [-0.4, -0.2) is 17.2 Å². The first-order valence-electron chi connectivity index (χ1n) is 4.72. The third-order valence-corrected chi connectivity index (χ3v) is 2.34. The van der Waals surface area contributed by atoms with Gasteiger partial charge in [0.15, 0.2) is 0 Å². The lowest BCUT2D eigenvalue weighted by Gasteiger charge is -2.14. The summed E-state index contributed by atoms with van der Waals surface area (Å²) in [5.41, 5.74) is 2.05. The van der Waals surface area contributed by atoms with E-state index >= 15 is 0 Å². The summed E-state index contributed by atoms with van der Waals surface area (Å²) in [6, 6.07) is 6.50. The van der Waals surface area contributed by atoms with Crippen molar-refractivity contribution >= 4 is 0 Å². The van der Waals surface area contributed by atoms with E-state index in [1.807, 2.05) is 13.2 Å². The van der Waals surface area contributed by atoms with Gasteiger partial charge in [-0.2, -0.15) is 5.10 Å². The Kier molecular flexibility index (Phi) is 2.78. The van der Waals surface area contributed by atoms with Crippen LogP contribution in [0.4, 0.5) is 4.39 Å². The molecule has 1 aromatic heterocycles. The lowest BCUT2D eigenvalue weighted by Crippen LogP contribution is -2.16. The summed E-state index contributed by atoms with van der Waals surface area (Å²) in [5.74, 6) is -0.221. The molecule has 0 saturated carbocycles. The molecule has 2 aromatic rings. The van der Waals surface area contributed by atoms with Gasteiger partial charge in [-0.05, 0) is 24.7 Å². The van der Waals surface area contributed by atoms with E-state index in [-0.39, 0.29) is 11.9 Å². The second kappa shape index (κ2) is 4.23. The first kappa shape index (κ1) is 9.86. The molecule has 1 aromatic carbocycles. The van der Waals surface area contributed by atoms with Crippen molar-refractivity contribution in [3.63, 3.8) is 0 Å². The van der Waals surface area contributed by atoms with Crippen LogP contribution < -0.4 is 5.32 Å². The Morgan fingerprint density at radius 2 is 2.00 bits per heavy atom. The lowest BCUT2D eigenvalue weighted by molar-refractivity contribution is 0.623. The maximum atomic E-state index is 12.8. The molecular weight excluding hydrogens is 193 g/mol. The summed E-state index contributed by atoms with van der Waals surface area (Å²) in [6.45, 7) is 0. The van der Waals surface area contributed by atoms with Crippen molar-refractivity contribution in [2.24, 2.45) is 0 Å². The topological polar surface area (TPSA) is 40.7 Å². The summed E-state index contributed by atoms with van der Waals surface area (Å²) < 4.78 is 12.8. The van der Waals surface area contributed by atoms with Gasteiger partial charge in [0.25, 0.3) is 0 Å². The predicted octanol–water partition coefficient (Wildman–Crippen LogP) is 1.86. The third-order valence-electron chi connectivity index (χ3n) is 2.34. The summed E-state index contributed by atoms with van der Waals surface area (Å²) in [5, 5.41) is 9.81. The van der Waals surface area contributed by atoms with Gasteiger partial charge in [0.2, 0.25) is 0 Å². The molecule has 0 radical (unpaired) electrons. The molecule has 0 saturated heterocycles. The lowest BCUT2D eigenvalue weighted by atomic mass is 10.0. The number of aromatic nitrogens is 2. The van der Waals surface area contributed by atoms with E-state index in [0.29, 0.717) is 0 Å². The van der Waals surface area contributed by atoms with Crippen LogP contribution in [0.2, 0.25) is 0 Å². The van der Waals surface area contributed by atoms with E-state index in [2.05, 4.69) is 15.5 Å². The van der Waals surface area contributed by atoms with Crippen LogP contribution in [-0.2, 0) is 0 Å². The molecule has 0 aliphatic rings. The van der Waals surface area contributed by atoms with Gasteiger partial charge in [0, 0.05) is 11.8 Å². The van der Waals surface area contributed by atoms with Crippen LogP contribution in [0, 0.1) is 5.82 Å². The molecule has 1 unspecified atom stereocenters. The van der Waals surface area contributed by atoms with Crippen molar-refractivity contribution in [2.45, 2.75) is 6.04 Å². The van der Waals surface area contributed by atoms with Crippen LogP contribution in [0.5, 0.6) is 0 Å². The zero-order chi connectivity index (χ0) is 10.7. The van der Waals surface area contributed by atoms with Gasteiger partial charge in [0.1, 0.15) is 5.82 Å². The highest BCUT2D eigenvalue weighted by molar-refractivity contribution is 5.28. The smallest absolute Gasteiger partial charge is 0.123 e. The number of halogens is 1. The minimum Gasteiger partial charge on any atom is -0.309 e. The summed E-state index contributed by atoms with van der Waals surface area (Å²) >= 11 is 0. The van der Waals surface area contributed by atoms with Crippen LogP contribution in [0.3, 0.4) is 0 Å². The van der Waals surface area contributed by atoms with Crippen LogP contribution in [0.15, 0.2) is 36.7 Å². The number of hydrogen-bond donors (Lipinski definition) is 2. The maximum Gasteiger partial charge on any atom is 0.123 e. The van der Waals surface area contributed by atoms with Crippen molar-refractivity contribution in [3.05, 3.63) is 53.6 Å². The Bertz CT molecular complexity index is 408. The maximum absolute atomic E-state index is 12.8. The van der Waals surface area contributed by atoms with Crippen LogP contribution in [0.1, 0.15) is 17.2 Å². The molecule has 2 rings (SSSR count). The largest absolute Gasteiger partial charge is 0.309 e. The third kappa shape index (κ3) is 2.05. The molecule has 2 N–H and O–H groups in total. The number of hydrogen-bond acceptors (Lipinski definition) is 2. The number of rotatable bonds is 3. The number of H-pyrrole nitrogens is 1. The van der Waals surface area contributed by atoms with E-state index in [0.717, 1.165) is 11.1 Å². The first-order chi connectivity index (χ1) is 7.31. The van der Waals surface area contributed by atoms with Gasteiger partial charge >= 0.3 is 0 Å². The fourth-order valence-corrected chi connectivity index (χ4v) is 1.60. The minimum absolute atomic E-state index is 0.0457. The van der Waals surface area contributed by atoms with Gasteiger partial charge in [-0.1, -0.05) is 12.1 Å². The number of nitrogens with one attached hydrogen (secondary N) is 2. The first-order valence-corrected chi connectivity index (χ1v) is 4.72. The average Bonchev–Trinajstić information content (AvgIpc) is 2.75. The summed E-state index contributed by atoms with van der Waals surface area (Å²) in [6.07, 6.45) is 3.58. The molecule has 0 aliphatic heterocycles. The van der Waals surface area contributed by atoms with Gasteiger partial charge in [-0.3, -0.25) is 5.10 Å². The Hall–Kier alpha value is -1.68. The fourth-order valence-electron chi connectivity index (χ4n) is 1.60. The molecule has 78 valence electrons. The highest BCUT2D eigenvalue weighted by Gasteiger charge is 2.12. The van der Waals surface area contributed by atoms with E-state index in [1.54, 1.807) is 18.3 Å². The van der Waals surface area contributed by atoms with E-state index < -0.39 is 0 Å². The van der Waals surface area contributed by atoms with Crippen LogP contribution >= 0.6 is 0 Å². The van der Waals surface area contributed by atoms with Gasteiger partial charge in [0.05, 0.1) is 12.2 Å². The van der Waals surface area contributed by atoms with Gasteiger partial charge in [-0.25, -0.2) is 4.39 Å². The SMILES string of the molecule is CNC(c1ccc(F)cc1)c1cn[nH]c1. The molecule has 0 bridgehead atoms. The van der Waals surface area contributed by atoms with Crippen molar-refractivity contribution < 1.29 is 4.39 Å². The minimum atomic E-state index is -0.221. The molecule has 15 heavy (non-hydrogen) atoms. The number of nitrogens with zero attached hydrogens (tertiary/aromatic N) is 1. The monoisotopic (exact) mass is 205 g/mol. The molecule has 1 heterocycles. The molecule has 4 heteroatoms. The Labute approximate surface area is 87.3 Å². The van der Waals surface area contributed by atoms with E-state index in [9.17, 15) is 4.39 Å². The van der Waals surface area contributed by atoms with Crippen molar-refractivity contribution in [1.82, 2.24) is 15.5 Å². The highest BCUT2D eigenvalue weighted by Crippen LogP contribution is 2.20. The average molecular weight is 205 g/mol. The highest BCUT2D eigenvalue weighted by atomic mass is 19.1. The normalized spacial score (nSPS) is 12.7. The van der Waals surface area contributed by atoms with E-state index in [1.165, 1.54) is 12.1 Å². The zero-order valence-corrected chi connectivity index (χ0v) is 8.37. The number of benzene rings is 1. The second-order valence-corrected chi connectivity index (χ2v) is 3.30. The Morgan fingerprint density at radius 1 is 1.27 bits per heavy atom. The quantitative estimate of drug-likeness (QED) is 0.803. The molecule has 0 aliphatic carbocycles. The molecule has 3 nitrogen and oxygen atoms in total. The zero-order valence-electron chi connectivity index (χ0n) is 8.37. The Balaban J connectivity index is 2.31. The fraction of sp³-hybridized carbons (Fsp3) is 0.182. The van der Waals surface area contributed by atoms with Crippen molar-refractivity contribution in [3.8, 4) is 0 Å². The van der Waals surface area contributed by atoms with Gasteiger partial charge < -0.3 is 5.32 Å². The molecular formula is C11H12FN3. The summed E-state index contributed by atoms with van der Waals surface area (Å²) in [4.78, 5) is 0.